The standard InChI is InChI=1S/C10H7BrN2O/c11-9-5-4-7(6-12-9)8-2-1-3-10(14)13-8/h1-6H,(H,13,14). The van der Waals surface area contributed by atoms with Crippen molar-refractivity contribution in [1.29, 1.82) is 0 Å². The van der Waals surface area contributed by atoms with E-state index in [1.54, 1.807) is 12.3 Å². The van der Waals surface area contributed by atoms with Gasteiger partial charge in [-0.1, -0.05) is 6.07 Å². The van der Waals surface area contributed by atoms with E-state index in [-0.39, 0.29) is 5.56 Å². The van der Waals surface area contributed by atoms with Gasteiger partial charge in [0.15, 0.2) is 0 Å². The molecule has 3 nitrogen and oxygen atoms in total. The summed E-state index contributed by atoms with van der Waals surface area (Å²) in [4.78, 5) is 17.9. The Morgan fingerprint density at radius 2 is 2.07 bits per heavy atom. The first-order chi connectivity index (χ1) is 6.75. The summed E-state index contributed by atoms with van der Waals surface area (Å²) < 4.78 is 0.777. The molecule has 2 heterocycles. The topological polar surface area (TPSA) is 45.8 Å². The van der Waals surface area contributed by atoms with Crippen LogP contribution in [0.25, 0.3) is 11.3 Å². The van der Waals surface area contributed by atoms with Crippen LogP contribution in [0.3, 0.4) is 0 Å². The van der Waals surface area contributed by atoms with E-state index in [1.165, 1.54) is 6.07 Å². The number of pyridine rings is 2. The first-order valence-corrected chi connectivity index (χ1v) is 4.86. The lowest BCUT2D eigenvalue weighted by molar-refractivity contribution is 1.21. The first-order valence-electron chi connectivity index (χ1n) is 4.07. The van der Waals surface area contributed by atoms with Crippen LogP contribution < -0.4 is 5.56 Å². The van der Waals surface area contributed by atoms with Crippen molar-refractivity contribution in [3.05, 3.63) is 51.5 Å². The largest absolute Gasteiger partial charge is 0.322 e. The third-order valence-electron chi connectivity index (χ3n) is 1.81. The zero-order chi connectivity index (χ0) is 9.97. The summed E-state index contributed by atoms with van der Waals surface area (Å²) in [7, 11) is 0. The van der Waals surface area contributed by atoms with Gasteiger partial charge in [-0.15, -0.1) is 0 Å². The molecule has 0 radical (unpaired) electrons. The van der Waals surface area contributed by atoms with Crippen LogP contribution in [0.5, 0.6) is 0 Å². The Kier molecular flexibility index (Phi) is 2.45. The Bertz CT molecular complexity index is 490. The molecule has 0 amide bonds. The molecule has 0 aliphatic carbocycles. The highest BCUT2D eigenvalue weighted by molar-refractivity contribution is 9.10. The lowest BCUT2D eigenvalue weighted by Crippen LogP contribution is -2.03. The molecule has 1 N–H and O–H groups in total. The molecule has 0 saturated carbocycles. The van der Waals surface area contributed by atoms with Gasteiger partial charge in [0.2, 0.25) is 5.56 Å². The first kappa shape index (κ1) is 9.15. The number of aromatic nitrogens is 2. The van der Waals surface area contributed by atoms with E-state index in [1.807, 2.05) is 18.2 Å². The lowest BCUT2D eigenvalue weighted by atomic mass is 10.2. The van der Waals surface area contributed by atoms with E-state index in [0.717, 1.165) is 15.9 Å². The quantitative estimate of drug-likeness (QED) is 0.789. The number of hydrogen-bond donors (Lipinski definition) is 1. The fourth-order valence-electron chi connectivity index (χ4n) is 1.15. The van der Waals surface area contributed by atoms with E-state index < -0.39 is 0 Å². The third-order valence-corrected chi connectivity index (χ3v) is 2.28. The van der Waals surface area contributed by atoms with Crippen molar-refractivity contribution in [2.24, 2.45) is 0 Å². The summed E-state index contributed by atoms with van der Waals surface area (Å²) in [5, 5.41) is 0. The highest BCUT2D eigenvalue weighted by Gasteiger charge is 1.97. The lowest BCUT2D eigenvalue weighted by Gasteiger charge is -1.99. The summed E-state index contributed by atoms with van der Waals surface area (Å²) in [6.45, 7) is 0. The number of hydrogen-bond acceptors (Lipinski definition) is 2. The minimum absolute atomic E-state index is 0.106. The maximum atomic E-state index is 11.0. The molecular formula is C10H7BrN2O. The van der Waals surface area contributed by atoms with Gasteiger partial charge in [0.05, 0.1) is 0 Å². The van der Waals surface area contributed by atoms with Gasteiger partial charge >= 0.3 is 0 Å². The molecule has 0 aliphatic heterocycles. The van der Waals surface area contributed by atoms with Crippen LogP contribution in [0.1, 0.15) is 0 Å². The monoisotopic (exact) mass is 250 g/mol. The molecule has 0 aromatic carbocycles. The predicted molar refractivity (Wildman–Crippen MR) is 58.0 cm³/mol. The molecule has 0 saturated heterocycles. The second-order valence-electron chi connectivity index (χ2n) is 2.80. The van der Waals surface area contributed by atoms with Crippen LogP contribution >= 0.6 is 15.9 Å². The van der Waals surface area contributed by atoms with Gasteiger partial charge in [0.25, 0.3) is 0 Å². The van der Waals surface area contributed by atoms with Gasteiger partial charge in [-0.3, -0.25) is 4.79 Å². The molecule has 14 heavy (non-hydrogen) atoms. The minimum atomic E-state index is -0.106. The smallest absolute Gasteiger partial charge is 0.248 e. The zero-order valence-corrected chi connectivity index (χ0v) is 8.78. The van der Waals surface area contributed by atoms with E-state index in [0.29, 0.717) is 0 Å². The van der Waals surface area contributed by atoms with Gasteiger partial charge < -0.3 is 4.98 Å². The van der Waals surface area contributed by atoms with E-state index >= 15 is 0 Å². The van der Waals surface area contributed by atoms with Gasteiger partial charge in [-0.05, 0) is 34.1 Å². The highest BCUT2D eigenvalue weighted by atomic mass is 79.9. The minimum Gasteiger partial charge on any atom is -0.322 e. The van der Waals surface area contributed by atoms with Crippen molar-refractivity contribution >= 4 is 15.9 Å². The average molecular weight is 251 g/mol. The van der Waals surface area contributed by atoms with Crippen LogP contribution in [-0.4, -0.2) is 9.97 Å². The molecule has 0 spiro atoms. The molecule has 0 bridgehead atoms. The second-order valence-corrected chi connectivity index (χ2v) is 3.61. The van der Waals surface area contributed by atoms with Crippen molar-refractivity contribution in [2.45, 2.75) is 0 Å². The Morgan fingerprint density at radius 3 is 2.71 bits per heavy atom. The number of rotatable bonds is 1. The highest BCUT2D eigenvalue weighted by Crippen LogP contribution is 2.15. The van der Waals surface area contributed by atoms with E-state index in [4.69, 9.17) is 0 Å². The second kappa shape index (κ2) is 3.75. The molecule has 2 aromatic heterocycles. The number of H-pyrrole nitrogens is 1. The number of aromatic amines is 1. The maximum Gasteiger partial charge on any atom is 0.248 e. The Morgan fingerprint density at radius 1 is 1.21 bits per heavy atom. The molecule has 0 fully saturated rings. The van der Waals surface area contributed by atoms with Crippen LogP contribution in [0.15, 0.2) is 45.9 Å². The van der Waals surface area contributed by atoms with Crippen LogP contribution in [0, 0.1) is 0 Å². The zero-order valence-electron chi connectivity index (χ0n) is 7.20. The molecular weight excluding hydrogens is 244 g/mol. The van der Waals surface area contributed by atoms with Crippen LogP contribution in [0.4, 0.5) is 0 Å². The van der Waals surface area contributed by atoms with Crippen LogP contribution in [-0.2, 0) is 0 Å². The molecule has 4 heteroatoms. The molecule has 2 rings (SSSR count). The van der Waals surface area contributed by atoms with Gasteiger partial charge in [0, 0.05) is 23.5 Å². The summed E-state index contributed by atoms with van der Waals surface area (Å²) in [6, 6.07) is 8.77. The third kappa shape index (κ3) is 1.90. The molecule has 70 valence electrons. The average Bonchev–Trinajstić information content (AvgIpc) is 2.19. The molecule has 0 unspecified atom stereocenters. The molecule has 0 atom stereocenters. The normalized spacial score (nSPS) is 10.1. The van der Waals surface area contributed by atoms with Crippen molar-refractivity contribution in [1.82, 2.24) is 9.97 Å². The summed E-state index contributed by atoms with van der Waals surface area (Å²) in [6.07, 6.45) is 1.70. The predicted octanol–water partition coefficient (Wildman–Crippen LogP) is 2.20. The van der Waals surface area contributed by atoms with Crippen molar-refractivity contribution in [2.75, 3.05) is 0 Å². The van der Waals surface area contributed by atoms with Crippen LogP contribution in [0.2, 0.25) is 0 Å². The Balaban J connectivity index is 2.50. The Labute approximate surface area is 89.0 Å². The summed E-state index contributed by atoms with van der Waals surface area (Å²) in [5.41, 5.74) is 1.56. The van der Waals surface area contributed by atoms with Crippen molar-refractivity contribution < 1.29 is 0 Å². The van der Waals surface area contributed by atoms with Gasteiger partial charge in [-0.2, -0.15) is 0 Å². The van der Waals surface area contributed by atoms with E-state index in [2.05, 4.69) is 25.9 Å². The summed E-state index contributed by atoms with van der Waals surface area (Å²) in [5.74, 6) is 0. The fourth-order valence-corrected chi connectivity index (χ4v) is 1.39. The van der Waals surface area contributed by atoms with E-state index in [9.17, 15) is 4.79 Å². The number of halogens is 1. The molecule has 2 aromatic rings. The Hall–Kier alpha value is -1.42. The molecule has 0 aliphatic rings. The maximum absolute atomic E-state index is 11.0. The van der Waals surface area contributed by atoms with Crippen molar-refractivity contribution in [3.63, 3.8) is 0 Å². The summed E-state index contributed by atoms with van der Waals surface area (Å²) >= 11 is 3.25. The number of nitrogens with one attached hydrogen (secondary N) is 1. The number of nitrogens with zero attached hydrogens (tertiary/aromatic N) is 1. The van der Waals surface area contributed by atoms with Gasteiger partial charge in [0.1, 0.15) is 4.60 Å². The van der Waals surface area contributed by atoms with Gasteiger partial charge in [-0.25, -0.2) is 4.98 Å². The van der Waals surface area contributed by atoms with Crippen molar-refractivity contribution in [3.8, 4) is 11.3 Å². The SMILES string of the molecule is O=c1cccc(-c2ccc(Br)nc2)[nH]1. The fraction of sp³-hybridized carbons (Fsp3) is 0.